The van der Waals surface area contributed by atoms with Crippen LogP contribution in [0.25, 0.3) is 0 Å². The maximum atomic E-state index is 12.5. The summed E-state index contributed by atoms with van der Waals surface area (Å²) in [6.45, 7) is 6.71. The van der Waals surface area contributed by atoms with Gasteiger partial charge in [-0.25, -0.2) is 9.97 Å². The highest BCUT2D eigenvalue weighted by Gasteiger charge is 2.14. The standard InChI is InChI=1S/C17H21ClN4O2/c1-10(2)9-19-16-8-14(20-11(3)21-16)17(23)22-13-7-12(18)5-6-15(13)24-4/h5-8,10H,9H2,1-4H3,(H,22,23)(H,19,20,21). The predicted octanol–water partition coefficient (Wildman–Crippen LogP) is 3.77. The molecule has 0 aliphatic carbocycles. The molecule has 2 aromatic rings. The second kappa shape index (κ2) is 7.97. The number of aromatic nitrogens is 2. The molecule has 0 fully saturated rings. The fraction of sp³-hybridized carbons (Fsp3) is 0.353. The number of carbonyl (C=O) groups is 1. The van der Waals surface area contributed by atoms with E-state index in [1.807, 2.05) is 0 Å². The number of ether oxygens (including phenoxy) is 1. The molecular formula is C17H21ClN4O2. The van der Waals surface area contributed by atoms with E-state index in [0.717, 1.165) is 6.54 Å². The molecule has 0 bridgehead atoms. The Labute approximate surface area is 146 Å². The minimum atomic E-state index is -0.353. The number of benzene rings is 1. The van der Waals surface area contributed by atoms with Crippen LogP contribution in [0.5, 0.6) is 5.75 Å². The summed E-state index contributed by atoms with van der Waals surface area (Å²) in [6, 6.07) is 6.64. The predicted molar refractivity (Wildman–Crippen MR) is 96.1 cm³/mol. The van der Waals surface area contributed by atoms with Crippen LogP contribution < -0.4 is 15.4 Å². The lowest BCUT2D eigenvalue weighted by Gasteiger charge is -2.12. The van der Waals surface area contributed by atoms with E-state index in [9.17, 15) is 4.79 Å². The van der Waals surface area contributed by atoms with E-state index in [1.54, 1.807) is 31.2 Å². The molecule has 24 heavy (non-hydrogen) atoms. The Morgan fingerprint density at radius 2 is 2.04 bits per heavy atom. The average Bonchev–Trinajstić information content (AvgIpc) is 2.52. The number of amides is 1. The number of halogens is 1. The normalized spacial score (nSPS) is 10.6. The van der Waals surface area contributed by atoms with Crippen molar-refractivity contribution >= 4 is 29.0 Å². The molecule has 0 aliphatic heterocycles. The minimum Gasteiger partial charge on any atom is -0.495 e. The molecule has 7 heteroatoms. The molecule has 0 atom stereocenters. The van der Waals surface area contributed by atoms with E-state index in [4.69, 9.17) is 16.3 Å². The molecule has 6 nitrogen and oxygen atoms in total. The molecule has 1 amide bonds. The largest absolute Gasteiger partial charge is 0.495 e. The molecular weight excluding hydrogens is 328 g/mol. The van der Waals surface area contributed by atoms with E-state index in [2.05, 4.69) is 34.4 Å². The summed E-state index contributed by atoms with van der Waals surface area (Å²) in [6.07, 6.45) is 0. The van der Waals surface area contributed by atoms with Crippen molar-refractivity contribution in [1.82, 2.24) is 9.97 Å². The van der Waals surface area contributed by atoms with Crippen LogP contribution in [-0.2, 0) is 0 Å². The minimum absolute atomic E-state index is 0.274. The van der Waals surface area contributed by atoms with Crippen molar-refractivity contribution in [2.45, 2.75) is 20.8 Å². The Morgan fingerprint density at radius 3 is 2.71 bits per heavy atom. The van der Waals surface area contributed by atoms with Crippen molar-refractivity contribution in [2.75, 3.05) is 24.3 Å². The lowest BCUT2D eigenvalue weighted by atomic mass is 10.2. The Morgan fingerprint density at radius 1 is 1.29 bits per heavy atom. The lowest BCUT2D eigenvalue weighted by Crippen LogP contribution is -2.17. The van der Waals surface area contributed by atoms with Gasteiger partial charge in [0.15, 0.2) is 0 Å². The van der Waals surface area contributed by atoms with E-state index < -0.39 is 0 Å². The number of nitrogens with one attached hydrogen (secondary N) is 2. The Bertz CT molecular complexity index is 735. The monoisotopic (exact) mass is 348 g/mol. The van der Waals surface area contributed by atoms with E-state index in [1.165, 1.54) is 7.11 Å². The van der Waals surface area contributed by atoms with Crippen LogP contribution in [0.3, 0.4) is 0 Å². The fourth-order valence-corrected chi connectivity index (χ4v) is 2.22. The maximum Gasteiger partial charge on any atom is 0.274 e. The fourth-order valence-electron chi connectivity index (χ4n) is 2.05. The summed E-state index contributed by atoms with van der Waals surface area (Å²) in [5.41, 5.74) is 0.763. The Balaban J connectivity index is 2.22. The quantitative estimate of drug-likeness (QED) is 0.831. The van der Waals surface area contributed by atoms with Gasteiger partial charge in [0, 0.05) is 17.6 Å². The summed E-state index contributed by atoms with van der Waals surface area (Å²) in [5.74, 6) is 1.78. The number of methoxy groups -OCH3 is 1. The van der Waals surface area contributed by atoms with Crippen LogP contribution >= 0.6 is 11.6 Å². The van der Waals surface area contributed by atoms with Gasteiger partial charge in [-0.3, -0.25) is 4.79 Å². The second-order valence-electron chi connectivity index (χ2n) is 5.76. The molecule has 0 saturated heterocycles. The number of carbonyl (C=O) groups excluding carboxylic acids is 1. The SMILES string of the molecule is COc1ccc(Cl)cc1NC(=O)c1cc(NCC(C)C)nc(C)n1. The van der Waals surface area contributed by atoms with Crippen molar-refractivity contribution in [1.29, 1.82) is 0 Å². The number of anilines is 2. The van der Waals surface area contributed by atoms with Crippen LogP contribution in [0.4, 0.5) is 11.5 Å². The molecule has 1 aromatic carbocycles. The van der Waals surface area contributed by atoms with Gasteiger partial charge in [-0.2, -0.15) is 0 Å². The first kappa shape index (κ1) is 18.0. The van der Waals surface area contributed by atoms with Crippen LogP contribution in [0.2, 0.25) is 5.02 Å². The third-order valence-corrected chi connectivity index (χ3v) is 3.41. The molecule has 0 unspecified atom stereocenters. The summed E-state index contributed by atoms with van der Waals surface area (Å²) in [4.78, 5) is 21.0. The van der Waals surface area contributed by atoms with E-state index in [-0.39, 0.29) is 11.6 Å². The summed E-state index contributed by atoms with van der Waals surface area (Å²) in [5, 5.41) is 6.47. The molecule has 2 N–H and O–H groups in total. The zero-order chi connectivity index (χ0) is 17.7. The van der Waals surface area contributed by atoms with E-state index in [0.29, 0.717) is 34.0 Å². The van der Waals surface area contributed by atoms with Crippen molar-refractivity contribution < 1.29 is 9.53 Å². The first-order valence-corrected chi connectivity index (χ1v) is 8.01. The van der Waals surface area contributed by atoms with Gasteiger partial charge in [0.2, 0.25) is 0 Å². The topological polar surface area (TPSA) is 76.1 Å². The zero-order valence-electron chi connectivity index (χ0n) is 14.2. The number of nitrogens with zero attached hydrogens (tertiary/aromatic N) is 2. The molecule has 0 spiro atoms. The maximum absolute atomic E-state index is 12.5. The first-order chi connectivity index (χ1) is 11.4. The molecule has 0 aliphatic rings. The van der Waals surface area contributed by atoms with Crippen molar-refractivity contribution in [2.24, 2.45) is 5.92 Å². The van der Waals surface area contributed by atoms with Crippen LogP contribution in [0, 0.1) is 12.8 Å². The molecule has 0 radical (unpaired) electrons. The summed E-state index contributed by atoms with van der Waals surface area (Å²) < 4.78 is 5.23. The van der Waals surface area contributed by atoms with Crippen LogP contribution in [0.1, 0.15) is 30.2 Å². The van der Waals surface area contributed by atoms with Gasteiger partial charge in [-0.15, -0.1) is 0 Å². The van der Waals surface area contributed by atoms with Gasteiger partial charge >= 0.3 is 0 Å². The molecule has 0 saturated carbocycles. The van der Waals surface area contributed by atoms with Crippen LogP contribution in [0.15, 0.2) is 24.3 Å². The number of aryl methyl sites for hydroxylation is 1. The third-order valence-electron chi connectivity index (χ3n) is 3.17. The smallest absolute Gasteiger partial charge is 0.274 e. The van der Waals surface area contributed by atoms with Gasteiger partial charge in [-0.05, 0) is 31.0 Å². The van der Waals surface area contributed by atoms with Gasteiger partial charge in [0.05, 0.1) is 12.8 Å². The molecule has 2 rings (SSSR count). The highest BCUT2D eigenvalue weighted by molar-refractivity contribution is 6.31. The van der Waals surface area contributed by atoms with Crippen molar-refractivity contribution in [3.05, 3.63) is 40.8 Å². The Hall–Kier alpha value is -2.34. The highest BCUT2D eigenvalue weighted by Crippen LogP contribution is 2.28. The second-order valence-corrected chi connectivity index (χ2v) is 6.20. The van der Waals surface area contributed by atoms with Crippen molar-refractivity contribution in [3.8, 4) is 5.75 Å². The number of hydrogen-bond acceptors (Lipinski definition) is 5. The summed E-state index contributed by atoms with van der Waals surface area (Å²) in [7, 11) is 1.53. The first-order valence-electron chi connectivity index (χ1n) is 7.63. The van der Waals surface area contributed by atoms with Gasteiger partial charge in [-0.1, -0.05) is 25.4 Å². The average molecular weight is 349 g/mol. The number of hydrogen-bond donors (Lipinski definition) is 2. The Kier molecular flexibility index (Phi) is 5.98. The summed E-state index contributed by atoms with van der Waals surface area (Å²) >= 11 is 5.98. The molecule has 1 heterocycles. The molecule has 1 aromatic heterocycles. The van der Waals surface area contributed by atoms with Crippen molar-refractivity contribution in [3.63, 3.8) is 0 Å². The molecule has 128 valence electrons. The number of rotatable bonds is 6. The van der Waals surface area contributed by atoms with Gasteiger partial charge in [0.1, 0.15) is 23.1 Å². The third kappa shape index (κ3) is 4.83. The van der Waals surface area contributed by atoms with Gasteiger partial charge < -0.3 is 15.4 Å². The van der Waals surface area contributed by atoms with Crippen LogP contribution in [-0.4, -0.2) is 29.5 Å². The lowest BCUT2D eigenvalue weighted by molar-refractivity contribution is 0.102. The highest BCUT2D eigenvalue weighted by atomic mass is 35.5. The zero-order valence-corrected chi connectivity index (χ0v) is 14.9. The van der Waals surface area contributed by atoms with E-state index >= 15 is 0 Å². The van der Waals surface area contributed by atoms with Gasteiger partial charge in [0.25, 0.3) is 5.91 Å².